The summed E-state index contributed by atoms with van der Waals surface area (Å²) < 4.78 is 37.7. The Hall–Kier alpha value is -1.27. The number of nitrogens with one attached hydrogen (secondary N) is 1. The monoisotopic (exact) mass is 280 g/mol. The van der Waals surface area contributed by atoms with E-state index >= 15 is 0 Å². The number of alkyl halides is 3. The summed E-state index contributed by atoms with van der Waals surface area (Å²) in [6.07, 6.45) is -4.83. The van der Waals surface area contributed by atoms with Gasteiger partial charge in [-0.2, -0.15) is 13.2 Å². The van der Waals surface area contributed by atoms with Gasteiger partial charge in [-0.15, -0.1) is 0 Å². The van der Waals surface area contributed by atoms with Crippen LogP contribution in [-0.4, -0.2) is 17.6 Å². The lowest BCUT2D eigenvalue weighted by atomic mass is 10.0. The fourth-order valence-corrected chi connectivity index (χ4v) is 1.28. The van der Waals surface area contributed by atoms with E-state index in [1.807, 2.05) is 0 Å². The zero-order valence-corrected chi connectivity index (χ0v) is 10.5. The lowest BCUT2D eigenvalue weighted by Crippen LogP contribution is -2.59. The maximum Gasteiger partial charge on any atom is 0.415 e. The van der Waals surface area contributed by atoms with Crippen molar-refractivity contribution in [2.45, 2.75) is 25.6 Å². The van der Waals surface area contributed by atoms with E-state index in [-0.39, 0.29) is 5.69 Å². The molecule has 0 fully saturated rings. The van der Waals surface area contributed by atoms with E-state index in [0.717, 1.165) is 0 Å². The molecule has 0 bridgehead atoms. The highest BCUT2D eigenvalue weighted by Gasteiger charge is 2.54. The van der Waals surface area contributed by atoms with E-state index in [4.69, 9.17) is 17.3 Å². The third-order valence-corrected chi connectivity index (χ3v) is 2.74. The molecule has 0 aromatic heterocycles. The summed E-state index contributed by atoms with van der Waals surface area (Å²) in [7, 11) is 0. The quantitative estimate of drug-likeness (QED) is 0.875. The number of amides is 1. The highest BCUT2D eigenvalue weighted by atomic mass is 35.5. The lowest BCUT2D eigenvalue weighted by Gasteiger charge is -2.26. The topological polar surface area (TPSA) is 55.1 Å². The van der Waals surface area contributed by atoms with Crippen LogP contribution in [0.4, 0.5) is 18.9 Å². The van der Waals surface area contributed by atoms with E-state index in [1.54, 1.807) is 19.1 Å². The Kier molecular flexibility index (Phi) is 3.92. The molecule has 0 aliphatic carbocycles. The molecule has 3 N–H and O–H groups in total. The summed E-state index contributed by atoms with van der Waals surface area (Å²) in [6.45, 7) is 2.25. The van der Waals surface area contributed by atoms with Crippen molar-refractivity contribution in [1.29, 1.82) is 0 Å². The van der Waals surface area contributed by atoms with Crippen molar-refractivity contribution in [3.8, 4) is 0 Å². The van der Waals surface area contributed by atoms with Gasteiger partial charge in [0.2, 0.25) is 0 Å². The van der Waals surface area contributed by atoms with Gasteiger partial charge < -0.3 is 11.1 Å². The van der Waals surface area contributed by atoms with Gasteiger partial charge in [-0.3, -0.25) is 4.79 Å². The van der Waals surface area contributed by atoms with Gasteiger partial charge >= 0.3 is 6.18 Å². The van der Waals surface area contributed by atoms with Crippen LogP contribution in [0.5, 0.6) is 0 Å². The van der Waals surface area contributed by atoms with Gasteiger partial charge in [0.1, 0.15) is 0 Å². The Balaban J connectivity index is 2.98. The van der Waals surface area contributed by atoms with Crippen LogP contribution >= 0.6 is 11.6 Å². The predicted molar refractivity (Wildman–Crippen MR) is 63.5 cm³/mol. The third-order valence-electron chi connectivity index (χ3n) is 2.51. The highest BCUT2D eigenvalue weighted by Crippen LogP contribution is 2.30. The second-order valence-corrected chi connectivity index (χ2v) is 4.55. The van der Waals surface area contributed by atoms with E-state index in [0.29, 0.717) is 17.5 Å². The molecule has 1 aromatic carbocycles. The first-order valence-electron chi connectivity index (χ1n) is 4.99. The van der Waals surface area contributed by atoms with Gasteiger partial charge in [0, 0.05) is 10.7 Å². The Morgan fingerprint density at radius 1 is 1.39 bits per heavy atom. The number of hydrogen-bond donors (Lipinski definition) is 2. The molecule has 1 unspecified atom stereocenters. The van der Waals surface area contributed by atoms with Gasteiger partial charge in [0.15, 0.2) is 5.54 Å². The number of rotatable bonds is 2. The van der Waals surface area contributed by atoms with E-state index in [9.17, 15) is 18.0 Å². The summed E-state index contributed by atoms with van der Waals surface area (Å²) in [6, 6.07) is 4.51. The molecule has 0 aliphatic rings. The van der Waals surface area contributed by atoms with Crippen LogP contribution in [0.15, 0.2) is 18.2 Å². The number of halogens is 4. The fraction of sp³-hybridized carbons (Fsp3) is 0.364. The van der Waals surface area contributed by atoms with Crippen LogP contribution in [0.25, 0.3) is 0 Å². The summed E-state index contributed by atoms with van der Waals surface area (Å²) in [5.74, 6) is -1.33. The van der Waals surface area contributed by atoms with Crippen molar-refractivity contribution in [1.82, 2.24) is 0 Å². The number of aryl methyl sites for hydroxylation is 1. The standard InChI is InChI=1S/C11H12ClF3N2O/c1-6-3-4-7(12)5-8(6)17-9(18)10(2,16)11(13,14)15/h3-5H,16H2,1-2H3,(H,17,18). The first-order chi connectivity index (χ1) is 8.05. The smallest absolute Gasteiger partial charge is 0.324 e. The zero-order valence-electron chi connectivity index (χ0n) is 9.73. The summed E-state index contributed by atoms with van der Waals surface area (Å²) >= 11 is 5.70. The minimum absolute atomic E-state index is 0.202. The van der Waals surface area contributed by atoms with Crippen molar-refractivity contribution >= 4 is 23.2 Å². The third kappa shape index (κ3) is 2.94. The molecule has 0 saturated carbocycles. The van der Waals surface area contributed by atoms with Crippen LogP contribution in [0, 0.1) is 6.92 Å². The molecule has 0 heterocycles. The summed E-state index contributed by atoms with van der Waals surface area (Å²) in [5.41, 5.74) is 2.84. The Bertz CT molecular complexity index is 472. The lowest BCUT2D eigenvalue weighted by molar-refractivity contribution is -0.184. The van der Waals surface area contributed by atoms with Crippen molar-refractivity contribution in [3.63, 3.8) is 0 Å². The summed E-state index contributed by atoms with van der Waals surface area (Å²) in [5, 5.41) is 2.44. The van der Waals surface area contributed by atoms with E-state index < -0.39 is 17.6 Å². The average molecular weight is 281 g/mol. The van der Waals surface area contributed by atoms with Crippen molar-refractivity contribution < 1.29 is 18.0 Å². The molecule has 0 radical (unpaired) electrons. The van der Waals surface area contributed by atoms with Crippen molar-refractivity contribution in [2.24, 2.45) is 5.73 Å². The van der Waals surface area contributed by atoms with Gasteiger partial charge in [0.25, 0.3) is 5.91 Å². The average Bonchev–Trinajstić information content (AvgIpc) is 2.21. The van der Waals surface area contributed by atoms with E-state index in [2.05, 4.69) is 5.32 Å². The van der Waals surface area contributed by atoms with Crippen LogP contribution in [0.2, 0.25) is 5.02 Å². The minimum atomic E-state index is -4.83. The molecule has 0 saturated heterocycles. The summed E-state index contributed by atoms with van der Waals surface area (Å²) in [4.78, 5) is 11.5. The second kappa shape index (κ2) is 4.78. The number of hydrogen-bond acceptors (Lipinski definition) is 2. The highest BCUT2D eigenvalue weighted by molar-refractivity contribution is 6.31. The molecule has 1 amide bonds. The molecule has 1 rings (SSSR count). The predicted octanol–water partition coefficient (Wildman–Crippen LogP) is 2.87. The first kappa shape index (κ1) is 14.8. The number of anilines is 1. The Morgan fingerprint density at radius 3 is 2.44 bits per heavy atom. The number of nitrogens with two attached hydrogens (primary N) is 1. The van der Waals surface area contributed by atoms with Crippen LogP contribution in [-0.2, 0) is 4.79 Å². The molecule has 0 aliphatic heterocycles. The largest absolute Gasteiger partial charge is 0.415 e. The molecule has 18 heavy (non-hydrogen) atoms. The molecule has 0 spiro atoms. The molecule has 100 valence electrons. The molecular weight excluding hydrogens is 269 g/mol. The normalized spacial score (nSPS) is 15.1. The molecule has 7 heteroatoms. The number of benzene rings is 1. The van der Waals surface area contributed by atoms with Crippen LogP contribution in [0.1, 0.15) is 12.5 Å². The van der Waals surface area contributed by atoms with Crippen LogP contribution < -0.4 is 11.1 Å². The Labute approximate surface area is 107 Å². The molecule has 1 aromatic rings. The van der Waals surface area contributed by atoms with Gasteiger partial charge in [-0.25, -0.2) is 0 Å². The number of carbonyl (C=O) groups is 1. The molecule has 3 nitrogen and oxygen atoms in total. The van der Waals surface area contributed by atoms with Crippen LogP contribution in [0.3, 0.4) is 0 Å². The maximum absolute atomic E-state index is 12.6. The first-order valence-corrected chi connectivity index (χ1v) is 5.36. The SMILES string of the molecule is Cc1ccc(Cl)cc1NC(=O)C(C)(N)C(F)(F)F. The molecule has 1 atom stereocenters. The van der Waals surface area contributed by atoms with E-state index in [1.165, 1.54) is 6.07 Å². The van der Waals surface area contributed by atoms with Gasteiger partial charge in [-0.1, -0.05) is 17.7 Å². The number of carbonyl (C=O) groups excluding carboxylic acids is 1. The van der Waals surface area contributed by atoms with Gasteiger partial charge in [0.05, 0.1) is 0 Å². The minimum Gasteiger partial charge on any atom is -0.324 e. The van der Waals surface area contributed by atoms with Crippen molar-refractivity contribution in [3.05, 3.63) is 28.8 Å². The van der Waals surface area contributed by atoms with Crippen molar-refractivity contribution in [2.75, 3.05) is 5.32 Å². The Morgan fingerprint density at radius 2 is 1.94 bits per heavy atom. The second-order valence-electron chi connectivity index (χ2n) is 4.11. The van der Waals surface area contributed by atoms with Gasteiger partial charge in [-0.05, 0) is 31.5 Å². The molecular formula is C11H12ClF3N2O. The maximum atomic E-state index is 12.6. The fourth-order valence-electron chi connectivity index (χ4n) is 1.11. The zero-order chi connectivity index (χ0) is 14.1.